The fourth-order valence-corrected chi connectivity index (χ4v) is 1.86. The van der Waals surface area contributed by atoms with Gasteiger partial charge in [0, 0.05) is 12.1 Å². The molecule has 1 rings (SSSR count). The molecule has 0 saturated carbocycles. The zero-order valence-electron chi connectivity index (χ0n) is 10.0. The molecule has 0 amide bonds. The lowest BCUT2D eigenvalue weighted by molar-refractivity contribution is -0.384. The van der Waals surface area contributed by atoms with E-state index in [-0.39, 0.29) is 21.6 Å². The molecule has 0 aliphatic rings. The summed E-state index contributed by atoms with van der Waals surface area (Å²) in [5.41, 5.74) is -0.0632. The lowest BCUT2D eigenvalue weighted by Crippen LogP contribution is -2.12. The minimum absolute atomic E-state index is 0.0236. The van der Waals surface area contributed by atoms with Crippen molar-refractivity contribution in [2.75, 3.05) is 12.4 Å². The van der Waals surface area contributed by atoms with Gasteiger partial charge in [-0.25, -0.2) is 0 Å². The minimum atomic E-state index is -0.526. The number of ether oxygens (including phenoxy) is 2. The second-order valence-electron chi connectivity index (χ2n) is 3.20. The van der Waals surface area contributed by atoms with Gasteiger partial charge in [0.2, 0.25) is 4.38 Å². The molecule has 0 radical (unpaired) electrons. The minimum Gasteiger partial charge on any atom is -0.479 e. The van der Waals surface area contributed by atoms with Gasteiger partial charge >= 0.3 is 5.97 Å². The third kappa shape index (κ3) is 5.66. The molecule has 0 heterocycles. The van der Waals surface area contributed by atoms with E-state index in [1.54, 1.807) is 6.92 Å². The molecule has 6 nitrogen and oxygen atoms in total. The molecule has 0 N–H and O–H groups in total. The Morgan fingerprint density at radius 1 is 1.42 bits per heavy atom. The molecule has 102 valence electrons. The molecule has 0 fully saturated rings. The van der Waals surface area contributed by atoms with E-state index in [1.165, 1.54) is 24.3 Å². The standard InChI is InChI=1S/C11H11NO5S2/c1-2-16-11(18)19-7-10(13)17-9-5-3-8(4-6-9)12(14)15/h3-6H,2,7H2,1H3. The molecular formula is C11H11NO5S2. The van der Waals surface area contributed by atoms with Crippen molar-refractivity contribution in [3.05, 3.63) is 34.4 Å². The Hall–Kier alpha value is -1.67. The number of nitrogens with zero attached hydrogens (tertiary/aromatic N) is 1. The topological polar surface area (TPSA) is 78.7 Å². The van der Waals surface area contributed by atoms with Gasteiger partial charge in [0.05, 0.1) is 11.5 Å². The summed E-state index contributed by atoms with van der Waals surface area (Å²) in [6, 6.07) is 5.25. The number of thiocarbonyl (C=S) groups is 1. The molecule has 0 aliphatic carbocycles. The first kappa shape index (κ1) is 15.4. The van der Waals surface area contributed by atoms with Crippen LogP contribution in [0.1, 0.15) is 6.92 Å². The fraction of sp³-hybridized carbons (Fsp3) is 0.273. The summed E-state index contributed by atoms with van der Waals surface area (Å²) >= 11 is 5.90. The third-order valence-electron chi connectivity index (χ3n) is 1.85. The molecule has 0 unspecified atom stereocenters. The Bertz CT molecular complexity index is 474. The molecule has 1 aromatic rings. The van der Waals surface area contributed by atoms with Crippen LogP contribution < -0.4 is 4.74 Å². The molecule has 0 aromatic heterocycles. The molecular weight excluding hydrogens is 290 g/mol. The number of esters is 1. The van der Waals surface area contributed by atoms with Gasteiger partial charge in [-0.15, -0.1) is 0 Å². The van der Waals surface area contributed by atoms with Crippen LogP contribution in [0.3, 0.4) is 0 Å². The van der Waals surface area contributed by atoms with Crippen LogP contribution in [0.2, 0.25) is 0 Å². The zero-order valence-corrected chi connectivity index (χ0v) is 11.7. The van der Waals surface area contributed by atoms with Gasteiger partial charge in [-0.05, 0) is 31.3 Å². The third-order valence-corrected chi connectivity index (χ3v) is 3.05. The van der Waals surface area contributed by atoms with E-state index in [0.717, 1.165) is 11.8 Å². The van der Waals surface area contributed by atoms with Crippen molar-refractivity contribution >= 4 is 40.0 Å². The van der Waals surface area contributed by atoms with E-state index in [4.69, 9.17) is 21.7 Å². The van der Waals surface area contributed by atoms with Gasteiger partial charge in [0.1, 0.15) is 11.5 Å². The molecule has 0 bridgehead atoms. The Balaban J connectivity index is 2.44. The Kier molecular flexibility index (Phi) is 6.23. The predicted molar refractivity (Wildman–Crippen MR) is 75.4 cm³/mol. The smallest absolute Gasteiger partial charge is 0.321 e. The number of non-ortho nitro benzene ring substituents is 1. The number of hydrogen-bond acceptors (Lipinski definition) is 7. The van der Waals surface area contributed by atoms with E-state index in [1.807, 2.05) is 0 Å². The first-order chi connectivity index (χ1) is 9.02. The molecule has 0 aliphatic heterocycles. The summed E-state index contributed by atoms with van der Waals surface area (Å²) in [7, 11) is 0. The van der Waals surface area contributed by atoms with Gasteiger partial charge in [0.15, 0.2) is 0 Å². The number of carbonyl (C=O) groups is 1. The SMILES string of the molecule is CCOC(=S)SCC(=O)Oc1ccc([N+](=O)[O-])cc1. The van der Waals surface area contributed by atoms with Crippen LogP contribution in [0.25, 0.3) is 0 Å². The maximum absolute atomic E-state index is 11.4. The summed E-state index contributed by atoms with van der Waals surface area (Å²) in [5, 5.41) is 10.4. The van der Waals surface area contributed by atoms with Gasteiger partial charge in [-0.2, -0.15) is 0 Å². The van der Waals surface area contributed by atoms with Crippen LogP contribution in [-0.4, -0.2) is 27.6 Å². The van der Waals surface area contributed by atoms with Crippen molar-refractivity contribution in [1.29, 1.82) is 0 Å². The Morgan fingerprint density at radius 3 is 2.58 bits per heavy atom. The van der Waals surface area contributed by atoms with Crippen LogP contribution in [0.15, 0.2) is 24.3 Å². The van der Waals surface area contributed by atoms with Crippen LogP contribution >= 0.6 is 24.0 Å². The van der Waals surface area contributed by atoms with Gasteiger partial charge < -0.3 is 9.47 Å². The van der Waals surface area contributed by atoms with Gasteiger partial charge in [-0.3, -0.25) is 14.9 Å². The number of hydrogen-bond donors (Lipinski definition) is 0. The second kappa shape index (κ2) is 7.70. The van der Waals surface area contributed by atoms with Crippen LogP contribution in [0, 0.1) is 10.1 Å². The van der Waals surface area contributed by atoms with Crippen molar-refractivity contribution < 1.29 is 19.2 Å². The van der Waals surface area contributed by atoms with Crippen molar-refractivity contribution in [2.24, 2.45) is 0 Å². The molecule has 0 spiro atoms. The number of nitro groups is 1. The highest BCUT2D eigenvalue weighted by Crippen LogP contribution is 2.18. The average molecular weight is 301 g/mol. The Morgan fingerprint density at radius 2 is 2.05 bits per heavy atom. The highest BCUT2D eigenvalue weighted by atomic mass is 32.2. The van der Waals surface area contributed by atoms with E-state index < -0.39 is 10.9 Å². The number of thioether (sulfide) groups is 1. The molecule has 19 heavy (non-hydrogen) atoms. The van der Waals surface area contributed by atoms with Crippen molar-refractivity contribution in [3.63, 3.8) is 0 Å². The number of nitro benzene ring substituents is 1. The highest BCUT2D eigenvalue weighted by Gasteiger charge is 2.10. The van der Waals surface area contributed by atoms with Crippen molar-refractivity contribution in [2.45, 2.75) is 6.92 Å². The first-order valence-electron chi connectivity index (χ1n) is 5.27. The molecule has 1 aromatic carbocycles. The Labute approximate surface area is 119 Å². The zero-order chi connectivity index (χ0) is 14.3. The van der Waals surface area contributed by atoms with E-state index >= 15 is 0 Å². The first-order valence-corrected chi connectivity index (χ1v) is 6.67. The van der Waals surface area contributed by atoms with Crippen LogP contribution in [0.4, 0.5) is 5.69 Å². The predicted octanol–water partition coefficient (Wildman–Crippen LogP) is 2.55. The summed E-state index contributed by atoms with van der Waals surface area (Å²) in [4.78, 5) is 21.4. The second-order valence-corrected chi connectivity index (χ2v) is 4.77. The quantitative estimate of drug-likeness (QED) is 0.272. The number of benzene rings is 1. The lowest BCUT2D eigenvalue weighted by atomic mass is 10.3. The monoisotopic (exact) mass is 301 g/mol. The van der Waals surface area contributed by atoms with Crippen LogP contribution in [-0.2, 0) is 9.53 Å². The largest absolute Gasteiger partial charge is 0.479 e. The van der Waals surface area contributed by atoms with Crippen LogP contribution in [0.5, 0.6) is 5.75 Å². The van der Waals surface area contributed by atoms with E-state index in [2.05, 4.69) is 0 Å². The molecule has 8 heteroatoms. The maximum Gasteiger partial charge on any atom is 0.321 e. The summed E-state index contributed by atoms with van der Waals surface area (Å²) < 4.78 is 10.3. The van der Waals surface area contributed by atoms with E-state index in [9.17, 15) is 14.9 Å². The lowest BCUT2D eigenvalue weighted by Gasteiger charge is -2.05. The van der Waals surface area contributed by atoms with Gasteiger partial charge in [0.25, 0.3) is 5.69 Å². The number of rotatable bonds is 5. The van der Waals surface area contributed by atoms with Crippen molar-refractivity contribution in [3.8, 4) is 5.75 Å². The highest BCUT2D eigenvalue weighted by molar-refractivity contribution is 8.23. The molecule has 0 atom stereocenters. The van der Waals surface area contributed by atoms with Gasteiger partial charge in [-0.1, -0.05) is 11.8 Å². The van der Waals surface area contributed by atoms with Crippen molar-refractivity contribution in [1.82, 2.24) is 0 Å². The average Bonchev–Trinajstić information content (AvgIpc) is 2.37. The summed E-state index contributed by atoms with van der Waals surface area (Å²) in [6.45, 7) is 2.24. The number of carbonyl (C=O) groups excluding carboxylic acids is 1. The normalized spacial score (nSPS) is 9.74. The maximum atomic E-state index is 11.4. The fourth-order valence-electron chi connectivity index (χ4n) is 1.07. The van der Waals surface area contributed by atoms with E-state index in [0.29, 0.717) is 6.61 Å². The molecule has 0 saturated heterocycles. The summed E-state index contributed by atoms with van der Waals surface area (Å²) in [5.74, 6) is -0.227. The summed E-state index contributed by atoms with van der Waals surface area (Å²) in [6.07, 6.45) is 0.